The smallest absolute Gasteiger partial charge is 0.308 e. The molecule has 1 fully saturated rings. The zero-order valence-electron chi connectivity index (χ0n) is 13.6. The Morgan fingerprint density at radius 1 is 1.33 bits per heavy atom. The fourth-order valence-corrected chi connectivity index (χ4v) is 2.98. The molecule has 0 aliphatic carbocycles. The highest BCUT2D eigenvalue weighted by molar-refractivity contribution is 6.32. The fraction of sp³-hybridized carbons (Fsp3) is 0.412. The lowest BCUT2D eigenvalue weighted by Gasteiger charge is -2.29. The molecule has 7 heteroatoms. The molecule has 2 rings (SSSR count). The lowest BCUT2D eigenvalue weighted by molar-refractivity contribution is -0.144. The maximum absolute atomic E-state index is 12.3. The van der Waals surface area contributed by atoms with Crippen molar-refractivity contribution < 1.29 is 24.2 Å². The molecule has 1 heterocycles. The predicted molar refractivity (Wildman–Crippen MR) is 90.5 cm³/mol. The van der Waals surface area contributed by atoms with Crippen LogP contribution in [0.3, 0.4) is 0 Å². The van der Waals surface area contributed by atoms with Crippen molar-refractivity contribution in [2.45, 2.75) is 12.8 Å². The van der Waals surface area contributed by atoms with Crippen molar-refractivity contribution in [3.05, 3.63) is 28.8 Å². The standard InChI is InChI=1S/C17H20ClNO5/c1-23-14-9-11(8-13(18)16(14)24-2)5-6-15(20)19-7-3-4-12(10-19)17(21)22/h5-6,8-9,12H,3-4,7,10H2,1-2H3,(H,21,22). The number of carboxylic acids is 1. The van der Waals surface area contributed by atoms with Crippen LogP contribution in [0, 0.1) is 5.92 Å². The first kappa shape index (κ1) is 18.1. The fourth-order valence-electron chi connectivity index (χ4n) is 2.69. The molecule has 0 aromatic heterocycles. The van der Waals surface area contributed by atoms with Crippen LogP contribution in [-0.2, 0) is 9.59 Å². The van der Waals surface area contributed by atoms with Crippen molar-refractivity contribution in [1.29, 1.82) is 0 Å². The number of amides is 1. The maximum atomic E-state index is 12.3. The number of aliphatic carboxylic acids is 1. The Kier molecular flexibility index (Phi) is 6.09. The van der Waals surface area contributed by atoms with Crippen LogP contribution in [0.15, 0.2) is 18.2 Å². The first-order valence-corrected chi connectivity index (χ1v) is 7.95. The van der Waals surface area contributed by atoms with Crippen LogP contribution < -0.4 is 9.47 Å². The highest BCUT2D eigenvalue weighted by Gasteiger charge is 2.27. The van der Waals surface area contributed by atoms with Crippen molar-refractivity contribution in [2.75, 3.05) is 27.3 Å². The summed E-state index contributed by atoms with van der Waals surface area (Å²) in [5, 5.41) is 9.47. The van der Waals surface area contributed by atoms with E-state index in [1.807, 2.05) is 0 Å². The summed E-state index contributed by atoms with van der Waals surface area (Å²) >= 11 is 6.13. The molecular weight excluding hydrogens is 334 g/mol. The summed E-state index contributed by atoms with van der Waals surface area (Å²) in [4.78, 5) is 24.9. The number of benzene rings is 1. The average Bonchev–Trinajstić information content (AvgIpc) is 2.59. The van der Waals surface area contributed by atoms with E-state index in [1.54, 1.807) is 23.1 Å². The van der Waals surface area contributed by atoms with Crippen molar-refractivity contribution in [3.8, 4) is 11.5 Å². The topological polar surface area (TPSA) is 76.1 Å². The highest BCUT2D eigenvalue weighted by Crippen LogP contribution is 2.36. The van der Waals surface area contributed by atoms with Crippen LogP contribution in [0.2, 0.25) is 5.02 Å². The molecule has 1 amide bonds. The van der Waals surface area contributed by atoms with Crippen LogP contribution in [0.4, 0.5) is 0 Å². The van der Waals surface area contributed by atoms with E-state index >= 15 is 0 Å². The van der Waals surface area contributed by atoms with Crippen molar-refractivity contribution >= 4 is 29.6 Å². The van der Waals surface area contributed by atoms with Gasteiger partial charge in [0.25, 0.3) is 0 Å². The molecule has 6 nitrogen and oxygen atoms in total. The minimum Gasteiger partial charge on any atom is -0.493 e. The van der Waals surface area contributed by atoms with Gasteiger partial charge >= 0.3 is 5.97 Å². The molecule has 0 bridgehead atoms. The second-order valence-electron chi connectivity index (χ2n) is 5.53. The first-order chi connectivity index (χ1) is 11.5. The summed E-state index contributed by atoms with van der Waals surface area (Å²) in [6.45, 7) is 0.810. The van der Waals surface area contributed by atoms with Crippen LogP contribution in [0.5, 0.6) is 11.5 Å². The van der Waals surface area contributed by atoms with Gasteiger partial charge in [-0.1, -0.05) is 11.6 Å². The maximum Gasteiger partial charge on any atom is 0.308 e. The normalized spacial score (nSPS) is 17.8. The van der Waals surface area contributed by atoms with E-state index in [9.17, 15) is 9.59 Å². The SMILES string of the molecule is COc1cc(C=CC(=O)N2CCCC(C(=O)O)C2)cc(Cl)c1OC. The summed E-state index contributed by atoms with van der Waals surface area (Å²) in [5.41, 5.74) is 0.692. The number of methoxy groups -OCH3 is 2. The molecule has 24 heavy (non-hydrogen) atoms. The number of ether oxygens (including phenoxy) is 2. The second kappa shape index (κ2) is 8.06. The van der Waals surface area contributed by atoms with Gasteiger partial charge in [-0.05, 0) is 36.6 Å². The Morgan fingerprint density at radius 2 is 2.08 bits per heavy atom. The van der Waals surface area contributed by atoms with Gasteiger partial charge in [0, 0.05) is 19.2 Å². The number of nitrogens with zero attached hydrogens (tertiary/aromatic N) is 1. The number of hydrogen-bond acceptors (Lipinski definition) is 4. The molecule has 1 N–H and O–H groups in total. The molecule has 1 saturated heterocycles. The number of halogens is 1. The number of carbonyl (C=O) groups is 2. The minimum atomic E-state index is -0.858. The molecule has 0 spiro atoms. The van der Waals surface area contributed by atoms with E-state index in [0.717, 1.165) is 0 Å². The highest BCUT2D eigenvalue weighted by atomic mass is 35.5. The van der Waals surface area contributed by atoms with Gasteiger partial charge in [0.05, 0.1) is 25.2 Å². The van der Waals surface area contributed by atoms with Crippen LogP contribution >= 0.6 is 11.6 Å². The third-order valence-electron chi connectivity index (χ3n) is 3.96. The number of piperidine rings is 1. The average molecular weight is 354 g/mol. The molecule has 0 saturated carbocycles. The molecule has 0 radical (unpaired) electrons. The largest absolute Gasteiger partial charge is 0.493 e. The number of hydrogen-bond donors (Lipinski definition) is 1. The molecule has 1 aliphatic rings. The van der Waals surface area contributed by atoms with E-state index in [-0.39, 0.29) is 12.5 Å². The van der Waals surface area contributed by atoms with Gasteiger partial charge in [-0.25, -0.2) is 0 Å². The Balaban J connectivity index is 2.11. The number of likely N-dealkylation sites (tertiary alicyclic amines) is 1. The lowest BCUT2D eigenvalue weighted by atomic mass is 9.98. The summed E-state index contributed by atoms with van der Waals surface area (Å²) in [6, 6.07) is 3.38. The zero-order chi connectivity index (χ0) is 17.7. The van der Waals surface area contributed by atoms with E-state index in [1.165, 1.54) is 20.3 Å². The quantitative estimate of drug-likeness (QED) is 0.824. The van der Waals surface area contributed by atoms with E-state index in [4.69, 9.17) is 26.2 Å². The second-order valence-corrected chi connectivity index (χ2v) is 5.94. The van der Waals surface area contributed by atoms with E-state index in [0.29, 0.717) is 41.5 Å². The zero-order valence-corrected chi connectivity index (χ0v) is 14.4. The summed E-state index contributed by atoms with van der Waals surface area (Å²) in [6.07, 6.45) is 4.34. The number of carbonyl (C=O) groups excluding carboxylic acids is 1. The molecule has 1 atom stereocenters. The Bertz CT molecular complexity index is 659. The van der Waals surface area contributed by atoms with E-state index < -0.39 is 11.9 Å². The Hall–Kier alpha value is -2.21. The first-order valence-electron chi connectivity index (χ1n) is 7.57. The molecule has 1 unspecified atom stereocenters. The van der Waals surface area contributed by atoms with Gasteiger partial charge in [0.15, 0.2) is 11.5 Å². The molecule has 130 valence electrons. The summed E-state index contributed by atoms with van der Waals surface area (Å²) in [7, 11) is 3.00. The van der Waals surface area contributed by atoms with Crippen molar-refractivity contribution in [3.63, 3.8) is 0 Å². The lowest BCUT2D eigenvalue weighted by Crippen LogP contribution is -2.41. The monoisotopic (exact) mass is 353 g/mol. The Labute approximate surface area is 145 Å². The van der Waals surface area contributed by atoms with Crippen LogP contribution in [-0.4, -0.2) is 49.2 Å². The molecule has 1 aliphatic heterocycles. The van der Waals surface area contributed by atoms with Crippen LogP contribution in [0.1, 0.15) is 18.4 Å². The molecular formula is C17H20ClNO5. The summed E-state index contributed by atoms with van der Waals surface area (Å²) in [5.74, 6) is -0.661. The van der Waals surface area contributed by atoms with Gasteiger partial charge in [-0.3, -0.25) is 9.59 Å². The van der Waals surface area contributed by atoms with Crippen LogP contribution in [0.25, 0.3) is 6.08 Å². The predicted octanol–water partition coefficient (Wildman–Crippen LogP) is 2.69. The van der Waals surface area contributed by atoms with Gasteiger partial charge in [-0.2, -0.15) is 0 Å². The van der Waals surface area contributed by atoms with Crippen molar-refractivity contribution in [2.24, 2.45) is 5.92 Å². The van der Waals surface area contributed by atoms with Gasteiger partial charge < -0.3 is 19.5 Å². The van der Waals surface area contributed by atoms with Gasteiger partial charge in [-0.15, -0.1) is 0 Å². The number of carboxylic acid groups (broad SMARTS) is 1. The number of rotatable bonds is 5. The Morgan fingerprint density at radius 3 is 2.71 bits per heavy atom. The van der Waals surface area contributed by atoms with Gasteiger partial charge in [0.1, 0.15) is 0 Å². The minimum absolute atomic E-state index is 0.216. The van der Waals surface area contributed by atoms with Gasteiger partial charge in [0.2, 0.25) is 5.91 Å². The third-order valence-corrected chi connectivity index (χ3v) is 4.24. The molecule has 1 aromatic carbocycles. The third kappa shape index (κ3) is 4.20. The van der Waals surface area contributed by atoms with Crippen molar-refractivity contribution in [1.82, 2.24) is 4.90 Å². The molecule has 1 aromatic rings. The summed E-state index contributed by atoms with van der Waals surface area (Å²) < 4.78 is 10.4. The van der Waals surface area contributed by atoms with E-state index in [2.05, 4.69) is 0 Å².